The van der Waals surface area contributed by atoms with Gasteiger partial charge in [0.05, 0.1) is 18.9 Å². The molecule has 7 nitrogen and oxygen atoms in total. The smallest absolute Gasteiger partial charge is 0.415 e. The molecule has 246 valence electrons. The van der Waals surface area contributed by atoms with Crippen LogP contribution in [-0.4, -0.2) is 67.3 Å². The van der Waals surface area contributed by atoms with Crippen molar-refractivity contribution in [2.75, 3.05) is 44.4 Å². The maximum absolute atomic E-state index is 13.2. The molecule has 2 heterocycles. The number of aryl methyl sites for hydroxylation is 1. The summed E-state index contributed by atoms with van der Waals surface area (Å²) in [7, 11) is 0. The summed E-state index contributed by atoms with van der Waals surface area (Å²) in [5, 5.41) is 10.3. The zero-order valence-electron chi connectivity index (χ0n) is 26.5. The van der Waals surface area contributed by atoms with Gasteiger partial charge >= 0.3 is 6.09 Å². The molecule has 3 aromatic rings. The van der Waals surface area contributed by atoms with Crippen molar-refractivity contribution < 1.29 is 28.5 Å². The number of hydrogen-bond donors (Lipinski definition) is 1. The van der Waals surface area contributed by atoms with Gasteiger partial charge in [-0.1, -0.05) is 31.7 Å². The number of halogens is 1. The van der Waals surface area contributed by atoms with E-state index in [1.54, 1.807) is 11.0 Å². The number of alkyl halides is 1. The first-order chi connectivity index (χ1) is 21.7. The number of carbonyl (C=O) groups excluding carboxylic acids is 1. The molecule has 1 N–H and O–H groups in total. The third-order valence-corrected chi connectivity index (χ3v) is 8.60. The Kier molecular flexibility index (Phi) is 10.3. The van der Waals surface area contributed by atoms with E-state index in [9.17, 15) is 14.3 Å². The lowest BCUT2D eigenvalue weighted by molar-refractivity contribution is 0.0567. The van der Waals surface area contributed by atoms with Crippen molar-refractivity contribution in [3.8, 4) is 17.2 Å². The average molecular weight is 631 g/mol. The van der Waals surface area contributed by atoms with Crippen LogP contribution < -0.4 is 14.4 Å². The molecule has 0 aromatic heterocycles. The fourth-order valence-corrected chi connectivity index (χ4v) is 6.58. The van der Waals surface area contributed by atoms with Gasteiger partial charge in [-0.2, -0.15) is 0 Å². The molecule has 2 aliphatic heterocycles. The Balaban J connectivity index is 0.00000417. The lowest BCUT2D eigenvalue weighted by atomic mass is 9.87. The average Bonchev–Trinajstić information content (AvgIpc) is 3.37. The zero-order chi connectivity index (χ0) is 31.6. The number of ether oxygens (including phenoxy) is 3. The Morgan fingerprint density at radius 3 is 2.57 bits per heavy atom. The predicted octanol–water partition coefficient (Wildman–Crippen LogP) is 8.27. The highest BCUT2D eigenvalue weighted by atomic mass is 19.1. The standard InChI is InChI=1S/C37H43FN2O5.CH4/c1-37(2,3)45-36(42)40-20-21-43-34-15-10-27(23-33(34)40)31-7-4-6-26-22-28(41)11-14-32(26)35(31)25-8-12-29(13-9-25)44-30-16-19-39(24-30)18-5-17-38;/h8-15,22-23,30,41H,4-7,16-21,24H2,1-3H3;1H4/t30-;/m0./s1. The van der Waals surface area contributed by atoms with Crippen molar-refractivity contribution in [3.63, 3.8) is 0 Å². The van der Waals surface area contributed by atoms with Crippen molar-refractivity contribution in [2.24, 2.45) is 0 Å². The fraction of sp³-hybridized carbons (Fsp3) is 0.447. The van der Waals surface area contributed by atoms with Crippen LogP contribution in [0, 0.1) is 0 Å². The van der Waals surface area contributed by atoms with Crippen molar-refractivity contribution in [1.29, 1.82) is 0 Å². The number of likely N-dealkylation sites (tertiary alicyclic amines) is 1. The number of allylic oxidation sites excluding steroid dienone is 1. The number of nitrogens with zero attached hydrogens (tertiary/aromatic N) is 2. The summed E-state index contributed by atoms with van der Waals surface area (Å²) in [6, 6.07) is 20.0. The topological polar surface area (TPSA) is 71.5 Å². The van der Waals surface area contributed by atoms with E-state index in [0.29, 0.717) is 31.0 Å². The SMILES string of the molecule is C.CC(C)(C)OC(=O)N1CCOc2ccc(C3=C(c4ccc(O[C@H]5CCN(CCCF)C5)cc4)c4ccc(O)cc4CCC3)cc21. The minimum Gasteiger partial charge on any atom is -0.508 e. The Hall–Kier alpha value is -4.04. The van der Waals surface area contributed by atoms with E-state index < -0.39 is 5.60 Å². The minimum absolute atomic E-state index is 0. The van der Waals surface area contributed by atoms with Crippen LogP contribution in [0.25, 0.3) is 11.1 Å². The second-order valence-electron chi connectivity index (χ2n) is 13.1. The maximum Gasteiger partial charge on any atom is 0.415 e. The van der Waals surface area contributed by atoms with Gasteiger partial charge in [0.2, 0.25) is 0 Å². The van der Waals surface area contributed by atoms with E-state index >= 15 is 0 Å². The number of aromatic hydroxyl groups is 1. The number of benzene rings is 3. The molecule has 1 atom stereocenters. The molecule has 6 rings (SSSR count). The van der Waals surface area contributed by atoms with Crippen LogP contribution in [0.4, 0.5) is 14.9 Å². The first-order valence-corrected chi connectivity index (χ1v) is 16.1. The van der Waals surface area contributed by atoms with Gasteiger partial charge in [-0.3, -0.25) is 14.2 Å². The molecule has 0 unspecified atom stereocenters. The highest BCUT2D eigenvalue weighted by Gasteiger charge is 2.30. The molecule has 1 fully saturated rings. The lowest BCUT2D eigenvalue weighted by Gasteiger charge is -2.32. The number of phenolic OH excluding ortho intramolecular Hbond substituents is 1. The van der Waals surface area contributed by atoms with Gasteiger partial charge in [0.1, 0.15) is 35.6 Å². The summed E-state index contributed by atoms with van der Waals surface area (Å²) in [5.41, 5.74) is 6.64. The highest BCUT2D eigenvalue weighted by Crippen LogP contribution is 2.43. The van der Waals surface area contributed by atoms with Gasteiger partial charge in [0.15, 0.2) is 0 Å². The lowest BCUT2D eigenvalue weighted by Crippen LogP contribution is -2.41. The number of fused-ring (bicyclic) bond motifs is 2. The van der Waals surface area contributed by atoms with Gasteiger partial charge < -0.3 is 19.3 Å². The van der Waals surface area contributed by atoms with E-state index in [2.05, 4.69) is 23.1 Å². The van der Waals surface area contributed by atoms with Gasteiger partial charge in [0.25, 0.3) is 0 Å². The van der Waals surface area contributed by atoms with Crippen molar-refractivity contribution in [1.82, 2.24) is 4.90 Å². The van der Waals surface area contributed by atoms with Crippen LogP contribution in [0.5, 0.6) is 17.2 Å². The zero-order valence-corrected chi connectivity index (χ0v) is 26.5. The van der Waals surface area contributed by atoms with Crippen LogP contribution in [0.3, 0.4) is 0 Å². The summed E-state index contributed by atoms with van der Waals surface area (Å²) in [5.74, 6) is 1.74. The Morgan fingerprint density at radius 2 is 1.80 bits per heavy atom. The molecule has 3 aromatic carbocycles. The number of anilines is 1. The van der Waals surface area contributed by atoms with Gasteiger partial charge in [-0.05, 0) is 123 Å². The molecular formula is C38H47FN2O5. The van der Waals surface area contributed by atoms with Crippen LogP contribution in [-0.2, 0) is 11.2 Å². The summed E-state index contributed by atoms with van der Waals surface area (Å²) in [6.07, 6.45) is 3.79. The fourth-order valence-electron chi connectivity index (χ4n) is 6.58. The maximum atomic E-state index is 13.2. The van der Waals surface area contributed by atoms with Crippen molar-refractivity contribution in [2.45, 2.75) is 72.0 Å². The molecule has 0 saturated carbocycles. The molecule has 0 radical (unpaired) electrons. The van der Waals surface area contributed by atoms with Crippen LogP contribution >= 0.6 is 0 Å². The number of amides is 1. The molecule has 1 saturated heterocycles. The van der Waals surface area contributed by atoms with E-state index in [1.807, 2.05) is 57.2 Å². The summed E-state index contributed by atoms with van der Waals surface area (Å²) < 4.78 is 30.6. The monoisotopic (exact) mass is 630 g/mol. The summed E-state index contributed by atoms with van der Waals surface area (Å²) in [4.78, 5) is 17.1. The van der Waals surface area contributed by atoms with Gasteiger partial charge in [-0.25, -0.2) is 4.79 Å². The molecule has 3 aliphatic rings. The van der Waals surface area contributed by atoms with Crippen molar-refractivity contribution in [3.05, 3.63) is 82.9 Å². The van der Waals surface area contributed by atoms with Crippen LogP contribution in [0.15, 0.2) is 60.7 Å². The number of phenols is 1. The molecular weight excluding hydrogens is 583 g/mol. The van der Waals surface area contributed by atoms with E-state index in [1.165, 1.54) is 5.57 Å². The minimum atomic E-state index is -0.609. The normalized spacial score (nSPS) is 18.2. The van der Waals surface area contributed by atoms with E-state index in [0.717, 1.165) is 78.9 Å². The van der Waals surface area contributed by atoms with Gasteiger partial charge in [0, 0.05) is 19.6 Å². The molecule has 0 spiro atoms. The van der Waals surface area contributed by atoms with E-state index in [-0.39, 0.29) is 32.0 Å². The van der Waals surface area contributed by atoms with Crippen LogP contribution in [0.2, 0.25) is 0 Å². The number of hydrogen-bond acceptors (Lipinski definition) is 6. The first kappa shape index (κ1) is 33.3. The third kappa shape index (κ3) is 7.49. The first-order valence-electron chi connectivity index (χ1n) is 16.1. The Morgan fingerprint density at radius 1 is 1.02 bits per heavy atom. The highest BCUT2D eigenvalue weighted by molar-refractivity contribution is 6.01. The largest absolute Gasteiger partial charge is 0.508 e. The quantitative estimate of drug-likeness (QED) is 0.283. The Labute approximate surface area is 272 Å². The predicted molar refractivity (Wildman–Crippen MR) is 182 cm³/mol. The molecule has 46 heavy (non-hydrogen) atoms. The summed E-state index contributed by atoms with van der Waals surface area (Å²) in [6.45, 7) is 8.65. The third-order valence-electron chi connectivity index (χ3n) is 8.60. The van der Waals surface area contributed by atoms with Gasteiger partial charge in [-0.15, -0.1) is 0 Å². The molecule has 0 bridgehead atoms. The number of rotatable bonds is 7. The number of carbonyl (C=O) groups is 1. The molecule has 8 heteroatoms. The Bertz CT molecular complexity index is 1560. The molecule has 1 aliphatic carbocycles. The summed E-state index contributed by atoms with van der Waals surface area (Å²) >= 11 is 0. The second kappa shape index (κ2) is 14.2. The second-order valence-corrected chi connectivity index (χ2v) is 13.1. The van der Waals surface area contributed by atoms with Crippen molar-refractivity contribution >= 4 is 22.9 Å². The van der Waals surface area contributed by atoms with Crippen LogP contribution in [0.1, 0.15) is 76.1 Å². The van der Waals surface area contributed by atoms with E-state index in [4.69, 9.17) is 14.2 Å². The molecule has 1 amide bonds.